The van der Waals surface area contributed by atoms with Gasteiger partial charge in [-0.3, -0.25) is 4.79 Å². The van der Waals surface area contributed by atoms with E-state index < -0.39 is 17.6 Å². The van der Waals surface area contributed by atoms with Gasteiger partial charge in [0.25, 0.3) is 5.91 Å². The summed E-state index contributed by atoms with van der Waals surface area (Å²) in [5.74, 6) is -0.944. The fraction of sp³-hybridized carbons (Fsp3) is 0.286. The predicted octanol–water partition coefficient (Wildman–Crippen LogP) is 4.06. The summed E-state index contributed by atoms with van der Waals surface area (Å²) in [7, 11) is 0. The summed E-state index contributed by atoms with van der Waals surface area (Å²) < 4.78 is 6.98. The lowest BCUT2D eigenvalue weighted by Gasteiger charge is -2.23. The van der Waals surface area contributed by atoms with Crippen LogP contribution in [0, 0.1) is 0 Å². The van der Waals surface area contributed by atoms with Crippen LogP contribution in [0.1, 0.15) is 38.2 Å². The van der Waals surface area contributed by atoms with Crippen LogP contribution in [0.25, 0.3) is 16.3 Å². The van der Waals surface area contributed by atoms with E-state index in [2.05, 4.69) is 10.4 Å². The average molecular weight is 398 g/mol. The normalized spacial score (nSPS) is 12.4. The molecule has 1 N–H and O–H groups in total. The molecule has 0 aliphatic carbocycles. The molecule has 146 valence electrons. The Hall–Kier alpha value is -2.93. The largest absolute Gasteiger partial charge is 0.448 e. The highest BCUT2D eigenvalue weighted by atomic mass is 32.1. The number of hydrogen-bond donors (Lipinski definition) is 1. The van der Waals surface area contributed by atoms with Crippen LogP contribution in [0.15, 0.2) is 53.9 Å². The van der Waals surface area contributed by atoms with Gasteiger partial charge < -0.3 is 10.1 Å². The zero-order chi connectivity index (χ0) is 20.3. The van der Waals surface area contributed by atoms with Gasteiger partial charge in [-0.25, -0.2) is 9.48 Å². The van der Waals surface area contributed by atoms with Crippen LogP contribution >= 0.6 is 11.3 Å². The quantitative estimate of drug-likeness (QED) is 0.659. The van der Waals surface area contributed by atoms with E-state index >= 15 is 0 Å². The van der Waals surface area contributed by atoms with Crippen molar-refractivity contribution < 1.29 is 14.3 Å². The zero-order valence-corrected chi connectivity index (χ0v) is 17.1. The highest BCUT2D eigenvalue weighted by molar-refractivity contribution is 7.13. The van der Waals surface area contributed by atoms with Crippen LogP contribution in [0.5, 0.6) is 0 Å². The molecule has 0 radical (unpaired) electrons. The van der Waals surface area contributed by atoms with Gasteiger partial charge >= 0.3 is 5.97 Å². The summed E-state index contributed by atoms with van der Waals surface area (Å²) >= 11 is 1.54. The molecule has 1 amide bonds. The Bertz CT molecular complexity index is 957. The standard InChI is InChI=1S/C21H23N3O3S/c1-14(19(25)22-21(2,3)4)27-20(26)17-13-16(18-11-8-12-28-18)23-24(17)15-9-6-5-7-10-15/h5-14H,1-4H3,(H,22,25)/t14-/m1/s1. The Morgan fingerprint density at radius 1 is 1.14 bits per heavy atom. The molecular formula is C21H23N3O3S. The first-order chi connectivity index (χ1) is 13.2. The number of para-hydroxylation sites is 1. The van der Waals surface area contributed by atoms with Crippen molar-refractivity contribution in [3.05, 3.63) is 59.6 Å². The van der Waals surface area contributed by atoms with Crippen molar-refractivity contribution >= 4 is 23.2 Å². The van der Waals surface area contributed by atoms with E-state index in [1.165, 1.54) is 11.3 Å². The second-order valence-electron chi connectivity index (χ2n) is 7.43. The first kappa shape index (κ1) is 19.8. The van der Waals surface area contributed by atoms with Crippen molar-refractivity contribution in [2.75, 3.05) is 0 Å². The molecule has 0 aliphatic rings. The van der Waals surface area contributed by atoms with Crippen molar-refractivity contribution in [2.24, 2.45) is 0 Å². The molecule has 0 fully saturated rings. The number of nitrogens with one attached hydrogen (secondary N) is 1. The summed E-state index contributed by atoms with van der Waals surface area (Å²) in [6.45, 7) is 7.17. The molecule has 3 aromatic rings. The lowest BCUT2D eigenvalue weighted by molar-refractivity contribution is -0.130. The first-order valence-corrected chi connectivity index (χ1v) is 9.85. The summed E-state index contributed by atoms with van der Waals surface area (Å²) in [5.41, 5.74) is 1.28. The summed E-state index contributed by atoms with van der Waals surface area (Å²) in [5, 5.41) is 9.35. The van der Waals surface area contributed by atoms with Gasteiger partial charge in [-0.2, -0.15) is 5.10 Å². The number of benzene rings is 1. The molecule has 1 aromatic carbocycles. The second kappa shape index (κ2) is 7.98. The van der Waals surface area contributed by atoms with Gasteiger partial charge in [0, 0.05) is 11.6 Å². The number of amides is 1. The van der Waals surface area contributed by atoms with Gasteiger partial charge in [0.05, 0.1) is 10.6 Å². The number of carbonyl (C=O) groups excluding carboxylic acids is 2. The van der Waals surface area contributed by atoms with E-state index in [0.29, 0.717) is 5.69 Å². The van der Waals surface area contributed by atoms with Crippen LogP contribution in [0.3, 0.4) is 0 Å². The van der Waals surface area contributed by atoms with E-state index in [9.17, 15) is 9.59 Å². The Balaban J connectivity index is 1.89. The lowest BCUT2D eigenvalue weighted by Crippen LogP contribution is -2.46. The Labute approximate surface area is 168 Å². The third kappa shape index (κ3) is 4.67. The number of nitrogens with zero attached hydrogens (tertiary/aromatic N) is 2. The zero-order valence-electron chi connectivity index (χ0n) is 16.3. The van der Waals surface area contributed by atoms with E-state index in [0.717, 1.165) is 10.6 Å². The number of rotatable bonds is 5. The highest BCUT2D eigenvalue weighted by Crippen LogP contribution is 2.26. The number of thiophene rings is 1. The molecule has 0 spiro atoms. The van der Waals surface area contributed by atoms with Crippen LogP contribution < -0.4 is 5.32 Å². The SMILES string of the molecule is C[C@@H](OC(=O)c1cc(-c2cccs2)nn1-c1ccccc1)C(=O)NC(C)(C)C. The number of hydrogen-bond acceptors (Lipinski definition) is 5. The minimum Gasteiger partial charge on any atom is -0.448 e. The highest BCUT2D eigenvalue weighted by Gasteiger charge is 2.26. The first-order valence-electron chi connectivity index (χ1n) is 8.97. The van der Waals surface area contributed by atoms with Crippen molar-refractivity contribution in [1.29, 1.82) is 0 Å². The maximum absolute atomic E-state index is 12.8. The van der Waals surface area contributed by atoms with Gasteiger partial charge in [0.2, 0.25) is 0 Å². The monoisotopic (exact) mass is 397 g/mol. The minimum atomic E-state index is -0.920. The number of esters is 1. The molecule has 0 aliphatic heterocycles. The van der Waals surface area contributed by atoms with Gasteiger partial charge in [-0.1, -0.05) is 24.3 Å². The average Bonchev–Trinajstić information content (AvgIpc) is 3.30. The summed E-state index contributed by atoms with van der Waals surface area (Å²) in [4.78, 5) is 26.1. The van der Waals surface area contributed by atoms with Crippen LogP contribution in [-0.4, -0.2) is 33.3 Å². The van der Waals surface area contributed by atoms with Gasteiger partial charge in [-0.05, 0) is 51.3 Å². The van der Waals surface area contributed by atoms with Crippen molar-refractivity contribution in [3.8, 4) is 16.3 Å². The second-order valence-corrected chi connectivity index (χ2v) is 8.37. The van der Waals surface area contributed by atoms with Crippen LogP contribution in [0.4, 0.5) is 0 Å². The predicted molar refractivity (Wildman–Crippen MR) is 110 cm³/mol. The molecule has 0 saturated heterocycles. The Kier molecular flexibility index (Phi) is 5.65. The number of aromatic nitrogens is 2. The molecule has 0 saturated carbocycles. The fourth-order valence-corrected chi connectivity index (χ4v) is 3.26. The third-order valence-corrected chi connectivity index (χ3v) is 4.74. The van der Waals surface area contributed by atoms with Gasteiger partial charge in [0.1, 0.15) is 5.69 Å². The molecule has 0 bridgehead atoms. The molecule has 6 nitrogen and oxygen atoms in total. The molecule has 28 heavy (non-hydrogen) atoms. The van der Waals surface area contributed by atoms with E-state index in [1.807, 2.05) is 68.6 Å². The molecule has 0 unspecified atom stereocenters. The Morgan fingerprint density at radius 3 is 2.46 bits per heavy atom. The molecular weight excluding hydrogens is 374 g/mol. The molecule has 2 heterocycles. The van der Waals surface area contributed by atoms with E-state index in [-0.39, 0.29) is 11.6 Å². The maximum Gasteiger partial charge on any atom is 0.357 e. The molecule has 7 heteroatoms. The van der Waals surface area contributed by atoms with Crippen molar-refractivity contribution in [2.45, 2.75) is 39.3 Å². The van der Waals surface area contributed by atoms with Gasteiger partial charge in [0.15, 0.2) is 11.8 Å². The maximum atomic E-state index is 12.8. The molecule has 1 atom stereocenters. The topological polar surface area (TPSA) is 73.2 Å². The van der Waals surface area contributed by atoms with Crippen LogP contribution in [0.2, 0.25) is 0 Å². The van der Waals surface area contributed by atoms with E-state index in [4.69, 9.17) is 4.74 Å². The number of ether oxygens (including phenoxy) is 1. The van der Waals surface area contributed by atoms with E-state index in [1.54, 1.807) is 17.7 Å². The van der Waals surface area contributed by atoms with Crippen LogP contribution in [-0.2, 0) is 9.53 Å². The minimum absolute atomic E-state index is 0.269. The summed E-state index contributed by atoms with van der Waals surface area (Å²) in [6, 6.07) is 14.9. The molecule has 3 rings (SSSR count). The lowest BCUT2D eigenvalue weighted by atomic mass is 10.1. The third-order valence-electron chi connectivity index (χ3n) is 3.84. The van der Waals surface area contributed by atoms with Gasteiger partial charge in [-0.15, -0.1) is 11.3 Å². The fourth-order valence-electron chi connectivity index (χ4n) is 2.58. The smallest absolute Gasteiger partial charge is 0.357 e. The van der Waals surface area contributed by atoms with Crippen molar-refractivity contribution in [3.63, 3.8) is 0 Å². The number of carbonyl (C=O) groups is 2. The van der Waals surface area contributed by atoms with Crippen molar-refractivity contribution in [1.82, 2.24) is 15.1 Å². The Morgan fingerprint density at radius 2 is 1.86 bits per heavy atom. The summed E-state index contributed by atoms with van der Waals surface area (Å²) in [6.07, 6.45) is -0.920. The molecule has 2 aromatic heterocycles.